The quantitative estimate of drug-likeness (QED) is 0.676. The van der Waals surface area contributed by atoms with Gasteiger partial charge in [-0.15, -0.1) is 0 Å². The molecule has 1 aromatic rings. The zero-order chi connectivity index (χ0) is 8.55. The van der Waals surface area contributed by atoms with Gasteiger partial charge in [0.25, 0.3) is 0 Å². The van der Waals surface area contributed by atoms with Gasteiger partial charge < -0.3 is 4.74 Å². The largest absolute Gasteiger partial charge is 0.369 e. The normalized spacial score (nSPS) is 15.9. The molecule has 0 saturated heterocycles. The van der Waals surface area contributed by atoms with Gasteiger partial charge in [-0.25, -0.2) is 0 Å². The number of halogens is 1. The second-order valence-corrected chi connectivity index (χ2v) is 3.85. The summed E-state index contributed by atoms with van der Waals surface area (Å²) in [7, 11) is 0. The molecule has 1 heterocycles. The first kappa shape index (κ1) is 8.19. The van der Waals surface area contributed by atoms with Crippen LogP contribution in [0.5, 0.6) is 0 Å². The van der Waals surface area contributed by atoms with Gasteiger partial charge in [0.1, 0.15) is 6.61 Å². The molecule has 0 radical (unpaired) electrons. The summed E-state index contributed by atoms with van der Waals surface area (Å²) in [6.45, 7) is 0.797. The molecule has 0 saturated carbocycles. The molecule has 0 N–H and O–H groups in total. The molecule has 0 atom stereocenters. The van der Waals surface area contributed by atoms with Crippen molar-refractivity contribution in [2.75, 3.05) is 6.61 Å². The van der Waals surface area contributed by atoms with Crippen LogP contribution in [0.25, 0.3) is 0 Å². The number of ether oxygens (including phenoxy) is 1. The van der Waals surface area contributed by atoms with E-state index in [1.165, 1.54) is 0 Å². The third-order valence-electron chi connectivity index (χ3n) is 1.87. The summed E-state index contributed by atoms with van der Waals surface area (Å²) >= 11 is 2.18. The summed E-state index contributed by atoms with van der Waals surface area (Å²) in [6.07, 6.45) is 0. The average Bonchev–Trinajstić information content (AvgIpc) is 2.04. The van der Waals surface area contributed by atoms with Crippen molar-refractivity contribution in [1.82, 2.24) is 0 Å². The molecular weight excluding hydrogens is 267 g/mol. The summed E-state index contributed by atoms with van der Waals surface area (Å²) in [5.74, 6) is 0.0984. The lowest BCUT2D eigenvalue weighted by Gasteiger charge is -2.15. The van der Waals surface area contributed by atoms with Crippen LogP contribution in [0.15, 0.2) is 18.2 Å². The van der Waals surface area contributed by atoms with Gasteiger partial charge >= 0.3 is 0 Å². The minimum absolute atomic E-state index is 0.0984. The molecule has 0 bridgehead atoms. The maximum Gasteiger partial charge on any atom is 0.189 e. The van der Waals surface area contributed by atoms with E-state index in [9.17, 15) is 4.79 Å². The van der Waals surface area contributed by atoms with Crippen LogP contribution < -0.4 is 0 Å². The van der Waals surface area contributed by atoms with Crippen LogP contribution in [0.4, 0.5) is 0 Å². The number of hydrogen-bond donors (Lipinski definition) is 0. The van der Waals surface area contributed by atoms with Crippen LogP contribution in [-0.2, 0) is 11.3 Å². The number of Topliss-reactive ketones (excluding diaryl/α,β-unsaturated/α-hetero) is 1. The zero-order valence-electron chi connectivity index (χ0n) is 6.34. The van der Waals surface area contributed by atoms with Crippen LogP contribution in [0.1, 0.15) is 15.9 Å². The Kier molecular flexibility index (Phi) is 2.14. The van der Waals surface area contributed by atoms with Gasteiger partial charge in [0.15, 0.2) is 5.78 Å². The second kappa shape index (κ2) is 3.14. The van der Waals surface area contributed by atoms with E-state index in [2.05, 4.69) is 22.6 Å². The summed E-state index contributed by atoms with van der Waals surface area (Å²) in [5.41, 5.74) is 1.86. The molecule has 62 valence electrons. The Morgan fingerprint density at radius 3 is 2.92 bits per heavy atom. The van der Waals surface area contributed by atoms with Crippen LogP contribution >= 0.6 is 22.6 Å². The highest BCUT2D eigenvalue weighted by Gasteiger charge is 2.19. The molecule has 0 unspecified atom stereocenters. The number of carbonyl (C=O) groups is 1. The maximum absolute atomic E-state index is 11.4. The average molecular weight is 274 g/mol. The molecule has 2 nitrogen and oxygen atoms in total. The molecule has 2 rings (SSSR count). The lowest BCUT2D eigenvalue weighted by atomic mass is 10.0. The van der Waals surface area contributed by atoms with Crippen LogP contribution in [0.2, 0.25) is 0 Å². The Labute approximate surface area is 84.1 Å². The summed E-state index contributed by atoms with van der Waals surface area (Å²) in [6, 6.07) is 5.83. The minimum atomic E-state index is 0.0984. The number of benzene rings is 1. The van der Waals surface area contributed by atoms with Gasteiger partial charge in [-0.2, -0.15) is 0 Å². The Bertz CT molecular complexity index is 333. The van der Waals surface area contributed by atoms with E-state index >= 15 is 0 Å². The van der Waals surface area contributed by atoms with Gasteiger partial charge in [0, 0.05) is 9.13 Å². The summed E-state index contributed by atoms with van der Waals surface area (Å²) < 4.78 is 6.14. The number of rotatable bonds is 0. The number of ketones is 1. The van der Waals surface area contributed by atoms with Crippen molar-refractivity contribution in [3.05, 3.63) is 32.9 Å². The van der Waals surface area contributed by atoms with Crippen molar-refractivity contribution < 1.29 is 9.53 Å². The van der Waals surface area contributed by atoms with E-state index in [0.29, 0.717) is 6.61 Å². The summed E-state index contributed by atoms with van der Waals surface area (Å²) in [5, 5.41) is 0. The first-order valence-corrected chi connectivity index (χ1v) is 4.75. The Morgan fingerprint density at radius 2 is 2.17 bits per heavy atom. The van der Waals surface area contributed by atoms with Crippen molar-refractivity contribution in [2.24, 2.45) is 0 Å². The molecule has 0 aliphatic carbocycles. The molecule has 1 aliphatic rings. The fourth-order valence-corrected chi connectivity index (χ4v) is 2.18. The third-order valence-corrected chi connectivity index (χ3v) is 2.77. The lowest BCUT2D eigenvalue weighted by Crippen LogP contribution is -2.19. The number of hydrogen-bond acceptors (Lipinski definition) is 2. The van der Waals surface area contributed by atoms with E-state index in [4.69, 9.17) is 4.74 Å². The summed E-state index contributed by atoms with van der Waals surface area (Å²) in [4.78, 5) is 11.4. The Balaban J connectivity index is 2.60. The lowest BCUT2D eigenvalue weighted by molar-refractivity contribution is 0.0664. The first-order valence-electron chi connectivity index (χ1n) is 3.67. The standard InChI is InChI=1S/C9H7IO2/c10-7-3-1-2-6-4-12-5-8(11)9(6)7/h1-3H,4-5H2. The zero-order valence-corrected chi connectivity index (χ0v) is 8.50. The van der Waals surface area contributed by atoms with E-state index in [1.54, 1.807) is 0 Å². The van der Waals surface area contributed by atoms with Crippen LogP contribution in [0.3, 0.4) is 0 Å². The molecule has 1 aliphatic heterocycles. The topological polar surface area (TPSA) is 26.3 Å². The van der Waals surface area contributed by atoms with Gasteiger partial charge in [-0.1, -0.05) is 12.1 Å². The fourth-order valence-electron chi connectivity index (χ4n) is 1.33. The van der Waals surface area contributed by atoms with E-state index in [0.717, 1.165) is 14.7 Å². The van der Waals surface area contributed by atoms with E-state index < -0.39 is 0 Å². The SMILES string of the molecule is O=C1COCc2cccc(I)c21. The number of fused-ring (bicyclic) bond motifs is 1. The van der Waals surface area contributed by atoms with Crippen molar-refractivity contribution in [1.29, 1.82) is 0 Å². The highest BCUT2D eigenvalue weighted by atomic mass is 127. The molecule has 0 spiro atoms. The smallest absolute Gasteiger partial charge is 0.189 e. The minimum Gasteiger partial charge on any atom is -0.369 e. The molecular formula is C9H7IO2. The van der Waals surface area contributed by atoms with Crippen molar-refractivity contribution >= 4 is 28.4 Å². The molecule has 1 aromatic carbocycles. The Morgan fingerprint density at radius 1 is 1.33 bits per heavy atom. The van der Waals surface area contributed by atoms with Gasteiger partial charge in [-0.05, 0) is 34.2 Å². The van der Waals surface area contributed by atoms with Gasteiger partial charge in [-0.3, -0.25) is 4.79 Å². The van der Waals surface area contributed by atoms with Crippen LogP contribution in [0, 0.1) is 3.57 Å². The second-order valence-electron chi connectivity index (χ2n) is 2.69. The molecule has 0 amide bonds. The molecule has 0 aromatic heterocycles. The molecule has 0 fully saturated rings. The van der Waals surface area contributed by atoms with Crippen molar-refractivity contribution in [2.45, 2.75) is 6.61 Å². The van der Waals surface area contributed by atoms with Crippen molar-refractivity contribution in [3.8, 4) is 0 Å². The monoisotopic (exact) mass is 274 g/mol. The van der Waals surface area contributed by atoms with Crippen molar-refractivity contribution in [3.63, 3.8) is 0 Å². The Hall–Kier alpha value is -0.420. The van der Waals surface area contributed by atoms with Gasteiger partial charge in [0.2, 0.25) is 0 Å². The predicted octanol–water partition coefficient (Wildman–Crippen LogP) is 2.00. The van der Waals surface area contributed by atoms with Gasteiger partial charge in [0.05, 0.1) is 6.61 Å². The predicted molar refractivity (Wildman–Crippen MR) is 53.1 cm³/mol. The fraction of sp³-hybridized carbons (Fsp3) is 0.222. The third kappa shape index (κ3) is 1.27. The van der Waals surface area contributed by atoms with E-state index in [1.807, 2.05) is 18.2 Å². The highest BCUT2D eigenvalue weighted by molar-refractivity contribution is 14.1. The first-order chi connectivity index (χ1) is 5.79. The highest BCUT2D eigenvalue weighted by Crippen LogP contribution is 2.21. The van der Waals surface area contributed by atoms with E-state index in [-0.39, 0.29) is 12.4 Å². The molecule has 3 heteroatoms. The number of carbonyl (C=O) groups excluding carboxylic acids is 1. The molecule has 12 heavy (non-hydrogen) atoms. The maximum atomic E-state index is 11.4. The van der Waals surface area contributed by atoms with Crippen LogP contribution in [-0.4, -0.2) is 12.4 Å².